The van der Waals surface area contributed by atoms with Crippen LogP contribution in [0.2, 0.25) is 25.7 Å². The lowest BCUT2D eigenvalue weighted by Gasteiger charge is -2.16. The minimum Gasteiger partial charge on any atom is -0.493 e. The average Bonchev–Trinajstić information content (AvgIpc) is 3.66. The Balaban J connectivity index is 1.23. The Kier molecular flexibility index (Phi) is 8.67. The number of rotatable bonds is 12. The molecule has 1 fully saturated rings. The van der Waals surface area contributed by atoms with Crippen LogP contribution in [0.4, 0.5) is 23.4 Å². The van der Waals surface area contributed by atoms with Crippen LogP contribution >= 0.6 is 0 Å². The molecule has 2 heterocycles. The Bertz CT molecular complexity index is 1670. The molecule has 0 unspecified atom stereocenters. The molecular formula is C30H32F4N4O5Si. The fraction of sp³-hybridized carbons (Fsp3) is 0.400. The highest BCUT2D eigenvalue weighted by molar-refractivity contribution is 6.76. The van der Waals surface area contributed by atoms with Crippen molar-refractivity contribution in [1.82, 2.24) is 15.1 Å². The predicted octanol–water partition coefficient (Wildman–Crippen LogP) is 6.90. The molecule has 1 N–H and O–H groups in total. The number of hydrogen-bond donors (Lipinski definition) is 1. The Morgan fingerprint density at radius 1 is 1.09 bits per heavy atom. The summed E-state index contributed by atoms with van der Waals surface area (Å²) in [4.78, 5) is 21.5. The molecular weight excluding hydrogens is 600 g/mol. The van der Waals surface area contributed by atoms with Crippen molar-refractivity contribution >= 4 is 30.8 Å². The van der Waals surface area contributed by atoms with Crippen LogP contribution in [0.15, 0.2) is 47.1 Å². The molecule has 5 rings (SSSR count). The number of ether oxygens (including phenoxy) is 3. The molecule has 1 amide bonds. The topological polar surface area (TPSA) is 109 Å². The van der Waals surface area contributed by atoms with Crippen molar-refractivity contribution in [3.05, 3.63) is 59.7 Å². The van der Waals surface area contributed by atoms with Gasteiger partial charge in [-0.3, -0.25) is 9.78 Å². The van der Waals surface area contributed by atoms with Crippen LogP contribution < -0.4 is 14.8 Å². The van der Waals surface area contributed by atoms with Crippen LogP contribution in [-0.2, 0) is 21.4 Å². The zero-order valence-corrected chi connectivity index (χ0v) is 25.7. The van der Waals surface area contributed by atoms with Crippen molar-refractivity contribution in [2.45, 2.75) is 56.5 Å². The van der Waals surface area contributed by atoms with Gasteiger partial charge < -0.3 is 24.1 Å². The van der Waals surface area contributed by atoms with E-state index in [-0.39, 0.29) is 43.2 Å². The fourth-order valence-electron chi connectivity index (χ4n) is 4.54. The molecule has 234 valence electrons. The van der Waals surface area contributed by atoms with E-state index in [0.29, 0.717) is 40.4 Å². The summed E-state index contributed by atoms with van der Waals surface area (Å²) < 4.78 is 76.7. The van der Waals surface area contributed by atoms with Gasteiger partial charge in [0.15, 0.2) is 29.9 Å². The Hall–Kier alpha value is -4.04. The van der Waals surface area contributed by atoms with Crippen molar-refractivity contribution < 1.29 is 41.1 Å². The lowest BCUT2D eigenvalue weighted by atomic mass is 10.0. The molecule has 0 saturated heterocycles. The van der Waals surface area contributed by atoms with Gasteiger partial charge in [-0.2, -0.15) is 13.2 Å². The number of halogens is 4. The van der Waals surface area contributed by atoms with Gasteiger partial charge >= 0.3 is 6.18 Å². The number of aromatic nitrogens is 3. The second kappa shape index (κ2) is 12.2. The van der Waals surface area contributed by atoms with E-state index >= 15 is 4.39 Å². The van der Waals surface area contributed by atoms with Crippen LogP contribution in [0.5, 0.6) is 11.5 Å². The first kappa shape index (κ1) is 31.4. The number of anilines is 1. The van der Waals surface area contributed by atoms with E-state index in [1.165, 1.54) is 25.4 Å². The van der Waals surface area contributed by atoms with E-state index < -0.39 is 31.4 Å². The number of amides is 1. The summed E-state index contributed by atoms with van der Waals surface area (Å²) in [5, 5.41) is 5.90. The molecule has 1 aliphatic rings. The molecule has 0 spiro atoms. The molecule has 0 atom stereocenters. The fourth-order valence-corrected chi connectivity index (χ4v) is 5.30. The van der Waals surface area contributed by atoms with Gasteiger partial charge in [0.2, 0.25) is 5.91 Å². The third-order valence-electron chi connectivity index (χ3n) is 7.36. The summed E-state index contributed by atoms with van der Waals surface area (Å²) >= 11 is 0. The summed E-state index contributed by atoms with van der Waals surface area (Å²) in [7, 11) is 0.299. The highest BCUT2D eigenvalue weighted by Crippen LogP contribution is 2.59. The molecule has 1 aliphatic carbocycles. The molecule has 2 aromatic carbocycles. The van der Waals surface area contributed by atoms with Gasteiger partial charge in [-0.1, -0.05) is 36.9 Å². The zero-order valence-electron chi connectivity index (χ0n) is 24.7. The minimum absolute atomic E-state index is 0.0693. The highest BCUT2D eigenvalue weighted by atomic mass is 28.3. The van der Waals surface area contributed by atoms with E-state index in [2.05, 4.69) is 40.1 Å². The molecule has 44 heavy (non-hydrogen) atoms. The van der Waals surface area contributed by atoms with Crippen molar-refractivity contribution in [1.29, 1.82) is 0 Å². The third-order valence-corrected chi connectivity index (χ3v) is 9.07. The van der Waals surface area contributed by atoms with Crippen LogP contribution in [0, 0.1) is 5.82 Å². The maximum absolute atomic E-state index is 15.0. The number of carbonyl (C=O) groups excluding carboxylic acids is 1. The van der Waals surface area contributed by atoms with E-state index in [1.54, 1.807) is 18.2 Å². The monoisotopic (exact) mass is 632 g/mol. The Labute approximate surface area is 251 Å². The van der Waals surface area contributed by atoms with Crippen LogP contribution in [0.1, 0.15) is 24.2 Å². The minimum atomic E-state index is -4.47. The number of benzene rings is 2. The molecule has 0 radical (unpaired) electrons. The second-order valence-electron chi connectivity index (χ2n) is 11.9. The zero-order chi connectivity index (χ0) is 31.7. The maximum atomic E-state index is 15.0. The van der Waals surface area contributed by atoms with Gasteiger partial charge in [0.1, 0.15) is 11.2 Å². The predicted molar refractivity (Wildman–Crippen MR) is 157 cm³/mol. The summed E-state index contributed by atoms with van der Waals surface area (Å²) in [6, 6.07) is 9.72. The number of hydrogen-bond acceptors (Lipinski definition) is 8. The number of methoxy groups -OCH3 is 1. The summed E-state index contributed by atoms with van der Waals surface area (Å²) in [5.41, 5.74) is -0.113. The van der Waals surface area contributed by atoms with E-state index in [1.807, 2.05) is 0 Å². The molecule has 14 heteroatoms. The van der Waals surface area contributed by atoms with Gasteiger partial charge in [0, 0.05) is 38.4 Å². The molecule has 0 aliphatic heterocycles. The van der Waals surface area contributed by atoms with Crippen LogP contribution in [-0.4, -0.2) is 55.8 Å². The first-order valence-corrected chi connectivity index (χ1v) is 17.7. The summed E-state index contributed by atoms with van der Waals surface area (Å²) in [6.07, 6.45) is -3.55. The lowest BCUT2D eigenvalue weighted by molar-refractivity contribution is -0.165. The van der Waals surface area contributed by atoms with Gasteiger partial charge in [0.25, 0.3) is 0 Å². The normalized spacial score (nSPS) is 14.5. The standard InChI is InChI=1S/C30H32F4N4O5Si/c1-40-24-14-22-21(13-25(24)42-17-41-9-10-44(2,3)4)35-16-23(36-22)19-6-5-18(20(31)11-19)12-28(39)37-27-15-26(43-38-27)29(7-8-29)30(32,33)34/h5-6,11,13-16H,7-10,12,17H2,1-4H3,(H,37,38,39). The quantitative estimate of drug-likeness (QED) is 0.0778. The molecule has 0 bridgehead atoms. The van der Waals surface area contributed by atoms with Gasteiger partial charge in [-0.15, -0.1) is 0 Å². The first-order chi connectivity index (χ1) is 20.8. The summed E-state index contributed by atoms with van der Waals surface area (Å²) in [5.74, 6) is -0.943. The van der Waals surface area contributed by atoms with E-state index in [4.69, 9.17) is 18.7 Å². The number of alkyl halides is 3. The van der Waals surface area contributed by atoms with E-state index in [0.717, 1.165) is 12.1 Å². The van der Waals surface area contributed by atoms with Crippen LogP contribution in [0.3, 0.4) is 0 Å². The first-order valence-electron chi connectivity index (χ1n) is 14.0. The SMILES string of the molecule is COc1cc2nc(-c3ccc(CC(=O)Nc4cc(C5(C(F)(F)F)CC5)on4)c(F)c3)cnc2cc1OCOCC[Si](C)(C)C. The smallest absolute Gasteiger partial charge is 0.401 e. The van der Waals surface area contributed by atoms with Gasteiger partial charge in [-0.05, 0) is 30.5 Å². The lowest BCUT2D eigenvalue weighted by Crippen LogP contribution is -2.28. The Morgan fingerprint density at radius 3 is 2.50 bits per heavy atom. The highest BCUT2D eigenvalue weighted by Gasteiger charge is 2.66. The number of carbonyl (C=O) groups is 1. The number of nitrogens with one attached hydrogen (secondary N) is 1. The molecule has 1 saturated carbocycles. The number of fused-ring (bicyclic) bond motifs is 1. The molecule has 4 aromatic rings. The van der Waals surface area contributed by atoms with Crippen molar-refractivity contribution in [2.75, 3.05) is 25.8 Å². The second-order valence-corrected chi connectivity index (χ2v) is 17.5. The third kappa shape index (κ3) is 7.02. The maximum Gasteiger partial charge on any atom is 0.401 e. The van der Waals surface area contributed by atoms with Crippen molar-refractivity contribution in [3.63, 3.8) is 0 Å². The largest absolute Gasteiger partial charge is 0.493 e. The van der Waals surface area contributed by atoms with Gasteiger partial charge in [-0.25, -0.2) is 9.37 Å². The Morgan fingerprint density at radius 2 is 1.84 bits per heavy atom. The van der Waals surface area contributed by atoms with Crippen molar-refractivity contribution in [3.8, 4) is 22.8 Å². The molecule has 9 nitrogen and oxygen atoms in total. The van der Waals surface area contributed by atoms with Crippen LogP contribution in [0.25, 0.3) is 22.3 Å². The van der Waals surface area contributed by atoms with Crippen molar-refractivity contribution in [2.24, 2.45) is 0 Å². The molecule has 2 aromatic heterocycles. The average molecular weight is 633 g/mol. The van der Waals surface area contributed by atoms with E-state index in [9.17, 15) is 18.0 Å². The summed E-state index contributed by atoms with van der Waals surface area (Å²) in [6.45, 7) is 7.49. The van der Waals surface area contributed by atoms with Gasteiger partial charge in [0.05, 0.1) is 36.5 Å². The number of nitrogens with zero attached hydrogens (tertiary/aromatic N) is 3.